The second kappa shape index (κ2) is 6.38. The number of nitrogens with one attached hydrogen (secondary N) is 2. The first kappa shape index (κ1) is 14.3. The van der Waals surface area contributed by atoms with Gasteiger partial charge < -0.3 is 15.4 Å². The van der Waals surface area contributed by atoms with Gasteiger partial charge in [0.15, 0.2) is 11.6 Å². The summed E-state index contributed by atoms with van der Waals surface area (Å²) >= 11 is 5.97. The summed E-state index contributed by atoms with van der Waals surface area (Å²) in [6.45, 7) is 2.65. The van der Waals surface area contributed by atoms with Crippen molar-refractivity contribution in [3.05, 3.63) is 35.4 Å². The highest BCUT2D eigenvalue weighted by Crippen LogP contribution is 2.33. The molecule has 0 radical (unpaired) electrons. The Morgan fingerprint density at radius 3 is 2.70 bits per heavy atom. The van der Waals surface area contributed by atoms with Crippen molar-refractivity contribution in [3.63, 3.8) is 0 Å². The Morgan fingerprint density at radius 1 is 1.30 bits per heavy atom. The van der Waals surface area contributed by atoms with Crippen LogP contribution in [0.5, 0.6) is 5.75 Å². The third-order valence-electron chi connectivity index (χ3n) is 2.54. The molecular formula is C13H14ClFN4O. The van der Waals surface area contributed by atoms with E-state index in [1.807, 2.05) is 6.92 Å². The number of rotatable bonds is 5. The van der Waals surface area contributed by atoms with E-state index >= 15 is 0 Å². The van der Waals surface area contributed by atoms with E-state index in [2.05, 4.69) is 20.6 Å². The molecule has 0 aliphatic rings. The van der Waals surface area contributed by atoms with Gasteiger partial charge in [0, 0.05) is 6.54 Å². The number of nitrogens with zero attached hydrogens (tertiary/aromatic N) is 2. The quantitative estimate of drug-likeness (QED) is 0.885. The van der Waals surface area contributed by atoms with Crippen LogP contribution in [0.15, 0.2) is 24.5 Å². The third-order valence-corrected chi connectivity index (χ3v) is 2.85. The van der Waals surface area contributed by atoms with Crippen molar-refractivity contribution in [2.45, 2.75) is 6.92 Å². The molecule has 0 unspecified atom stereocenters. The highest BCUT2D eigenvalue weighted by molar-refractivity contribution is 6.33. The zero-order chi connectivity index (χ0) is 14.5. The van der Waals surface area contributed by atoms with Crippen LogP contribution in [0.3, 0.4) is 0 Å². The number of ether oxygens (including phenoxy) is 1. The summed E-state index contributed by atoms with van der Waals surface area (Å²) in [5.41, 5.74) is 0.535. The van der Waals surface area contributed by atoms with Crippen LogP contribution in [0, 0.1) is 5.82 Å². The maximum atomic E-state index is 13.0. The van der Waals surface area contributed by atoms with Gasteiger partial charge in [0.05, 0.1) is 17.8 Å². The van der Waals surface area contributed by atoms with Crippen molar-refractivity contribution in [2.24, 2.45) is 0 Å². The first-order chi connectivity index (χ1) is 9.65. The molecule has 7 heteroatoms. The molecule has 0 fully saturated rings. The Bertz CT molecular complexity index is 609. The van der Waals surface area contributed by atoms with Gasteiger partial charge in [0.2, 0.25) is 5.75 Å². The van der Waals surface area contributed by atoms with Crippen LogP contribution in [-0.2, 0) is 0 Å². The summed E-state index contributed by atoms with van der Waals surface area (Å²) in [7, 11) is 1.52. The number of halogens is 2. The minimum Gasteiger partial charge on any atom is -0.490 e. The second-order valence-electron chi connectivity index (χ2n) is 3.88. The van der Waals surface area contributed by atoms with Gasteiger partial charge in [0.25, 0.3) is 0 Å². The first-order valence-electron chi connectivity index (χ1n) is 6.00. The Labute approximate surface area is 121 Å². The van der Waals surface area contributed by atoms with Crippen LogP contribution in [0.25, 0.3) is 0 Å². The standard InChI is InChI=1S/C13H14ClFN4O/c1-3-16-12-11(20-2)13(18-7-17-12)19-10-5-4-8(15)6-9(10)14/h4-7H,3H2,1-2H3,(H2,16,17,18,19). The predicted molar refractivity (Wildman–Crippen MR) is 77.4 cm³/mol. The Kier molecular flexibility index (Phi) is 4.57. The van der Waals surface area contributed by atoms with E-state index in [0.717, 1.165) is 0 Å². The molecule has 0 bridgehead atoms. The van der Waals surface area contributed by atoms with Crippen molar-refractivity contribution >= 4 is 28.9 Å². The molecule has 0 saturated carbocycles. The smallest absolute Gasteiger partial charge is 0.204 e. The second-order valence-corrected chi connectivity index (χ2v) is 4.29. The van der Waals surface area contributed by atoms with Gasteiger partial charge in [-0.25, -0.2) is 14.4 Å². The van der Waals surface area contributed by atoms with Gasteiger partial charge in [-0.05, 0) is 25.1 Å². The molecule has 0 atom stereocenters. The molecule has 106 valence electrons. The number of methoxy groups -OCH3 is 1. The Balaban J connectivity index is 2.35. The first-order valence-corrected chi connectivity index (χ1v) is 6.38. The van der Waals surface area contributed by atoms with Gasteiger partial charge in [-0.15, -0.1) is 0 Å². The lowest BCUT2D eigenvalue weighted by Gasteiger charge is -2.14. The average molecular weight is 297 g/mol. The monoisotopic (exact) mass is 296 g/mol. The third kappa shape index (κ3) is 3.08. The van der Waals surface area contributed by atoms with E-state index in [9.17, 15) is 4.39 Å². The largest absolute Gasteiger partial charge is 0.490 e. The van der Waals surface area contributed by atoms with Crippen molar-refractivity contribution in [1.82, 2.24) is 9.97 Å². The molecule has 0 saturated heterocycles. The van der Waals surface area contributed by atoms with Crippen LogP contribution >= 0.6 is 11.6 Å². The SMILES string of the molecule is CCNc1ncnc(Nc2ccc(F)cc2Cl)c1OC. The highest BCUT2D eigenvalue weighted by Gasteiger charge is 2.13. The summed E-state index contributed by atoms with van der Waals surface area (Å²) in [6, 6.07) is 4.07. The summed E-state index contributed by atoms with van der Waals surface area (Å²) in [5, 5.41) is 6.33. The summed E-state index contributed by atoms with van der Waals surface area (Å²) in [6.07, 6.45) is 1.40. The van der Waals surface area contributed by atoms with E-state index < -0.39 is 5.82 Å². The molecule has 1 aromatic carbocycles. The predicted octanol–water partition coefficient (Wildman–Crippen LogP) is 3.45. The molecule has 2 aromatic rings. The number of hydrogen-bond donors (Lipinski definition) is 2. The average Bonchev–Trinajstić information content (AvgIpc) is 2.42. The molecule has 5 nitrogen and oxygen atoms in total. The number of anilines is 3. The van der Waals surface area contributed by atoms with Crippen molar-refractivity contribution in [2.75, 3.05) is 24.3 Å². The molecule has 0 amide bonds. The van der Waals surface area contributed by atoms with Crippen molar-refractivity contribution < 1.29 is 9.13 Å². The molecular weight excluding hydrogens is 283 g/mol. The summed E-state index contributed by atoms with van der Waals surface area (Å²) in [5.74, 6) is 1.09. The van der Waals surface area contributed by atoms with Crippen molar-refractivity contribution in [1.29, 1.82) is 0 Å². The lowest BCUT2D eigenvalue weighted by atomic mass is 10.3. The van der Waals surface area contributed by atoms with E-state index in [0.29, 0.717) is 29.6 Å². The van der Waals surface area contributed by atoms with Crippen LogP contribution in [0.1, 0.15) is 6.92 Å². The molecule has 1 heterocycles. The number of hydrogen-bond acceptors (Lipinski definition) is 5. The fourth-order valence-corrected chi connectivity index (χ4v) is 1.88. The van der Waals surface area contributed by atoms with Crippen LogP contribution in [0.4, 0.5) is 21.7 Å². The van der Waals surface area contributed by atoms with Crippen LogP contribution in [0.2, 0.25) is 5.02 Å². The molecule has 0 aliphatic heterocycles. The fraction of sp³-hybridized carbons (Fsp3) is 0.231. The molecule has 0 aliphatic carbocycles. The summed E-state index contributed by atoms with van der Waals surface area (Å²) < 4.78 is 18.3. The normalized spacial score (nSPS) is 10.2. The minimum absolute atomic E-state index is 0.260. The Hall–Kier alpha value is -2.08. The van der Waals surface area contributed by atoms with E-state index in [4.69, 9.17) is 16.3 Å². The van der Waals surface area contributed by atoms with Gasteiger partial charge in [-0.2, -0.15) is 0 Å². The topological polar surface area (TPSA) is 59.1 Å². The van der Waals surface area contributed by atoms with Gasteiger partial charge >= 0.3 is 0 Å². The van der Waals surface area contributed by atoms with Gasteiger partial charge in [-0.3, -0.25) is 0 Å². The van der Waals surface area contributed by atoms with Crippen LogP contribution in [-0.4, -0.2) is 23.6 Å². The maximum absolute atomic E-state index is 13.0. The van der Waals surface area contributed by atoms with E-state index in [1.54, 1.807) is 0 Å². The molecule has 2 rings (SSSR count). The van der Waals surface area contributed by atoms with Crippen LogP contribution < -0.4 is 15.4 Å². The van der Waals surface area contributed by atoms with E-state index in [1.165, 1.54) is 31.6 Å². The van der Waals surface area contributed by atoms with Gasteiger partial charge in [0.1, 0.15) is 12.1 Å². The molecule has 20 heavy (non-hydrogen) atoms. The molecule has 0 spiro atoms. The fourth-order valence-electron chi connectivity index (χ4n) is 1.67. The lowest BCUT2D eigenvalue weighted by molar-refractivity contribution is 0.415. The number of aromatic nitrogens is 2. The zero-order valence-corrected chi connectivity index (χ0v) is 11.8. The lowest BCUT2D eigenvalue weighted by Crippen LogP contribution is -2.06. The summed E-state index contributed by atoms with van der Waals surface area (Å²) in [4.78, 5) is 8.21. The zero-order valence-electron chi connectivity index (χ0n) is 11.1. The Morgan fingerprint density at radius 2 is 2.05 bits per heavy atom. The highest BCUT2D eigenvalue weighted by atomic mass is 35.5. The maximum Gasteiger partial charge on any atom is 0.204 e. The van der Waals surface area contributed by atoms with Gasteiger partial charge in [-0.1, -0.05) is 11.6 Å². The number of benzene rings is 1. The van der Waals surface area contributed by atoms with Crippen molar-refractivity contribution in [3.8, 4) is 5.75 Å². The minimum atomic E-state index is -0.399. The molecule has 1 aromatic heterocycles. The molecule has 2 N–H and O–H groups in total. The van der Waals surface area contributed by atoms with E-state index in [-0.39, 0.29) is 5.02 Å².